The lowest BCUT2D eigenvalue weighted by molar-refractivity contribution is 0.304. The van der Waals surface area contributed by atoms with Gasteiger partial charge in [-0.05, 0) is 55.0 Å². The minimum atomic E-state index is 0.791. The number of rotatable bonds is 19. The van der Waals surface area contributed by atoms with Gasteiger partial charge in [-0.25, -0.2) is 0 Å². The highest BCUT2D eigenvalue weighted by Gasteiger charge is 1.97. The van der Waals surface area contributed by atoms with Crippen LogP contribution in [0.5, 0.6) is 5.75 Å². The zero-order valence-corrected chi connectivity index (χ0v) is 20.7. The lowest BCUT2D eigenvalue weighted by atomic mass is 10.0. The number of thiol groups is 1. The third-order valence-corrected chi connectivity index (χ3v) is 6.01. The monoisotopic (exact) mass is 454 g/mol. The maximum Gasteiger partial charge on any atom is 0.119 e. The Morgan fingerprint density at radius 2 is 0.938 bits per heavy atom. The van der Waals surface area contributed by atoms with Crippen LogP contribution < -0.4 is 4.74 Å². The second kappa shape index (κ2) is 18.7. The van der Waals surface area contributed by atoms with E-state index in [1.165, 1.54) is 83.5 Å². The quantitative estimate of drug-likeness (QED) is 0.128. The fourth-order valence-corrected chi connectivity index (χ4v) is 3.97. The van der Waals surface area contributed by atoms with E-state index >= 15 is 0 Å². The lowest BCUT2D eigenvalue weighted by Gasteiger charge is -2.06. The lowest BCUT2D eigenvalue weighted by Crippen LogP contribution is -1.96. The molecule has 0 aliphatic carbocycles. The molecule has 0 radical (unpaired) electrons. The van der Waals surface area contributed by atoms with Crippen molar-refractivity contribution in [2.75, 3.05) is 12.4 Å². The van der Waals surface area contributed by atoms with Crippen LogP contribution in [0, 0.1) is 0 Å². The maximum absolute atomic E-state index is 5.86. The molecule has 0 saturated carbocycles. The molecular weight excluding hydrogens is 412 g/mol. The van der Waals surface area contributed by atoms with E-state index in [0.717, 1.165) is 35.9 Å². The van der Waals surface area contributed by atoms with E-state index in [4.69, 9.17) is 4.74 Å². The molecule has 0 aromatic heterocycles. The highest BCUT2D eigenvalue weighted by molar-refractivity contribution is 7.80. The Bertz CT molecular complexity index is 703. The first kappa shape index (κ1) is 26.4. The van der Waals surface area contributed by atoms with Crippen molar-refractivity contribution in [3.8, 4) is 5.75 Å². The molecular formula is C28H42N2OS. The predicted octanol–water partition coefficient (Wildman–Crippen LogP) is 9.87. The standard InChI is InChI=1S/C28H42N2OS/c32-25-17-12-10-8-6-4-2-1-3-5-7-9-11-16-24-31-28-22-20-27(21-23-28)30-29-26-18-14-13-15-19-26/h13-15,18-23,32H,1-12,16-17,24-25H2. The van der Waals surface area contributed by atoms with Crippen LogP contribution in [0.3, 0.4) is 0 Å². The molecule has 0 amide bonds. The average Bonchev–Trinajstić information content (AvgIpc) is 2.84. The van der Waals surface area contributed by atoms with Crippen molar-refractivity contribution in [2.45, 2.75) is 89.9 Å². The van der Waals surface area contributed by atoms with Gasteiger partial charge >= 0.3 is 0 Å². The summed E-state index contributed by atoms with van der Waals surface area (Å²) in [6.45, 7) is 0.791. The number of nitrogens with zero attached hydrogens (tertiary/aromatic N) is 2. The van der Waals surface area contributed by atoms with Gasteiger partial charge in [0.05, 0.1) is 18.0 Å². The van der Waals surface area contributed by atoms with Crippen molar-refractivity contribution >= 4 is 24.0 Å². The van der Waals surface area contributed by atoms with Crippen molar-refractivity contribution < 1.29 is 4.74 Å². The number of benzene rings is 2. The van der Waals surface area contributed by atoms with Gasteiger partial charge in [0.15, 0.2) is 0 Å². The van der Waals surface area contributed by atoms with Crippen LogP contribution in [0.2, 0.25) is 0 Å². The normalized spacial score (nSPS) is 11.3. The fraction of sp³-hybridized carbons (Fsp3) is 0.571. The van der Waals surface area contributed by atoms with E-state index in [1.807, 2.05) is 54.6 Å². The summed E-state index contributed by atoms with van der Waals surface area (Å²) in [6, 6.07) is 17.6. The molecule has 0 bridgehead atoms. The summed E-state index contributed by atoms with van der Waals surface area (Å²) >= 11 is 4.26. The Kier molecular flexibility index (Phi) is 15.5. The SMILES string of the molecule is SCCCCCCCCCCCCCCCCOc1ccc(N=Nc2ccccc2)cc1. The molecule has 0 N–H and O–H groups in total. The van der Waals surface area contributed by atoms with Crippen molar-refractivity contribution in [3.63, 3.8) is 0 Å². The van der Waals surface area contributed by atoms with Gasteiger partial charge in [-0.1, -0.05) is 95.2 Å². The molecule has 0 aliphatic rings. The van der Waals surface area contributed by atoms with Crippen LogP contribution >= 0.6 is 12.6 Å². The van der Waals surface area contributed by atoms with Gasteiger partial charge in [0.25, 0.3) is 0 Å². The Balaban J connectivity index is 1.39. The van der Waals surface area contributed by atoms with Crippen molar-refractivity contribution in [3.05, 3.63) is 54.6 Å². The van der Waals surface area contributed by atoms with E-state index in [1.54, 1.807) is 0 Å². The van der Waals surface area contributed by atoms with E-state index in [-0.39, 0.29) is 0 Å². The highest BCUT2D eigenvalue weighted by atomic mass is 32.1. The van der Waals surface area contributed by atoms with Crippen molar-refractivity contribution in [2.24, 2.45) is 10.2 Å². The second-order valence-corrected chi connectivity index (χ2v) is 9.00. The Morgan fingerprint density at radius 3 is 1.44 bits per heavy atom. The second-order valence-electron chi connectivity index (χ2n) is 8.55. The summed E-state index contributed by atoms with van der Waals surface area (Å²) < 4.78 is 5.86. The molecule has 32 heavy (non-hydrogen) atoms. The average molecular weight is 455 g/mol. The fourth-order valence-electron chi connectivity index (χ4n) is 3.74. The molecule has 4 heteroatoms. The molecule has 0 atom stereocenters. The molecule has 0 aliphatic heterocycles. The smallest absolute Gasteiger partial charge is 0.119 e. The zero-order valence-electron chi connectivity index (χ0n) is 19.8. The Hall–Kier alpha value is -1.81. The van der Waals surface area contributed by atoms with Crippen molar-refractivity contribution in [1.82, 2.24) is 0 Å². The first-order valence-electron chi connectivity index (χ1n) is 12.7. The van der Waals surface area contributed by atoms with E-state index in [0.29, 0.717) is 0 Å². The Labute approximate surface area is 201 Å². The van der Waals surface area contributed by atoms with Crippen LogP contribution in [-0.2, 0) is 0 Å². The molecule has 2 aromatic rings. The summed E-state index contributed by atoms with van der Waals surface area (Å²) in [5.41, 5.74) is 1.70. The van der Waals surface area contributed by atoms with Gasteiger partial charge in [-0.3, -0.25) is 0 Å². The first-order valence-corrected chi connectivity index (χ1v) is 13.3. The number of azo groups is 1. The van der Waals surface area contributed by atoms with Gasteiger partial charge in [-0.2, -0.15) is 22.9 Å². The van der Waals surface area contributed by atoms with E-state index in [2.05, 4.69) is 22.9 Å². The molecule has 2 aromatic carbocycles. The van der Waals surface area contributed by atoms with Gasteiger partial charge in [0, 0.05) is 0 Å². The van der Waals surface area contributed by atoms with Gasteiger partial charge in [-0.15, -0.1) is 0 Å². The first-order chi connectivity index (χ1) is 15.9. The molecule has 176 valence electrons. The number of hydrogen-bond acceptors (Lipinski definition) is 4. The van der Waals surface area contributed by atoms with E-state index in [9.17, 15) is 0 Å². The highest BCUT2D eigenvalue weighted by Crippen LogP contribution is 2.21. The summed E-state index contributed by atoms with van der Waals surface area (Å²) in [7, 11) is 0. The van der Waals surface area contributed by atoms with Gasteiger partial charge in [0.1, 0.15) is 5.75 Å². The van der Waals surface area contributed by atoms with Gasteiger partial charge < -0.3 is 4.74 Å². The van der Waals surface area contributed by atoms with Crippen molar-refractivity contribution in [1.29, 1.82) is 0 Å². The number of unbranched alkanes of at least 4 members (excludes halogenated alkanes) is 13. The summed E-state index contributed by atoms with van der Waals surface area (Å²) in [5, 5.41) is 8.50. The van der Waals surface area contributed by atoms with Crippen LogP contribution in [-0.4, -0.2) is 12.4 Å². The summed E-state index contributed by atoms with van der Waals surface area (Å²) in [6.07, 6.45) is 19.0. The molecule has 0 fully saturated rings. The number of hydrogen-bond donors (Lipinski definition) is 1. The van der Waals surface area contributed by atoms with Crippen LogP contribution in [0.15, 0.2) is 64.8 Å². The van der Waals surface area contributed by atoms with Crippen LogP contribution in [0.25, 0.3) is 0 Å². The largest absolute Gasteiger partial charge is 0.494 e. The molecule has 0 saturated heterocycles. The van der Waals surface area contributed by atoms with Gasteiger partial charge in [0.2, 0.25) is 0 Å². The number of ether oxygens (including phenoxy) is 1. The molecule has 0 heterocycles. The minimum absolute atomic E-state index is 0.791. The molecule has 3 nitrogen and oxygen atoms in total. The minimum Gasteiger partial charge on any atom is -0.494 e. The Morgan fingerprint density at radius 1 is 0.500 bits per heavy atom. The summed E-state index contributed by atoms with van der Waals surface area (Å²) in [5.74, 6) is 1.95. The third-order valence-electron chi connectivity index (χ3n) is 5.70. The van der Waals surface area contributed by atoms with Crippen LogP contribution in [0.4, 0.5) is 11.4 Å². The predicted molar refractivity (Wildman–Crippen MR) is 141 cm³/mol. The zero-order chi connectivity index (χ0) is 22.5. The van der Waals surface area contributed by atoms with E-state index < -0.39 is 0 Å². The van der Waals surface area contributed by atoms with Crippen LogP contribution in [0.1, 0.15) is 89.9 Å². The summed E-state index contributed by atoms with van der Waals surface area (Å²) in [4.78, 5) is 0. The molecule has 2 rings (SSSR count). The molecule has 0 unspecified atom stereocenters. The third kappa shape index (κ3) is 13.6. The maximum atomic E-state index is 5.86. The topological polar surface area (TPSA) is 34.0 Å². The molecule has 0 spiro atoms.